The topological polar surface area (TPSA) is 24.9 Å². The van der Waals surface area contributed by atoms with Crippen LogP contribution in [0.4, 0.5) is 0 Å². The minimum atomic E-state index is 0. The summed E-state index contributed by atoms with van der Waals surface area (Å²) in [6.45, 7) is 1.12. The SMILES string of the molecule is Cl.Cl.Clc1ccc(C2CCCCN2)cn1. The predicted octanol–water partition coefficient (Wildman–Crippen LogP) is 3.39. The van der Waals surface area contributed by atoms with Gasteiger partial charge < -0.3 is 5.32 Å². The summed E-state index contributed by atoms with van der Waals surface area (Å²) in [5, 5.41) is 4.04. The lowest BCUT2D eigenvalue weighted by Gasteiger charge is -2.23. The van der Waals surface area contributed by atoms with Gasteiger partial charge in [0.25, 0.3) is 0 Å². The van der Waals surface area contributed by atoms with E-state index in [2.05, 4.69) is 16.4 Å². The Morgan fingerprint density at radius 2 is 2.07 bits per heavy atom. The summed E-state index contributed by atoms with van der Waals surface area (Å²) in [6, 6.07) is 4.39. The number of pyridine rings is 1. The molecule has 1 aromatic heterocycles. The zero-order valence-corrected chi connectivity index (χ0v) is 10.7. The number of nitrogens with one attached hydrogen (secondary N) is 1. The van der Waals surface area contributed by atoms with Crippen LogP contribution < -0.4 is 5.32 Å². The average molecular weight is 270 g/mol. The monoisotopic (exact) mass is 268 g/mol. The van der Waals surface area contributed by atoms with Crippen LogP contribution in [0.5, 0.6) is 0 Å². The average Bonchev–Trinajstić information content (AvgIpc) is 2.20. The van der Waals surface area contributed by atoms with E-state index in [4.69, 9.17) is 11.6 Å². The Hall–Kier alpha value is -0.0200. The second kappa shape index (κ2) is 7.29. The van der Waals surface area contributed by atoms with Gasteiger partial charge in [-0.3, -0.25) is 0 Å². The molecule has 0 radical (unpaired) electrons. The van der Waals surface area contributed by atoms with Crippen LogP contribution >= 0.6 is 36.4 Å². The van der Waals surface area contributed by atoms with Crippen molar-refractivity contribution in [1.29, 1.82) is 0 Å². The number of halogens is 3. The Morgan fingerprint density at radius 3 is 2.60 bits per heavy atom. The molecule has 2 heterocycles. The van der Waals surface area contributed by atoms with Crippen molar-refractivity contribution in [3.05, 3.63) is 29.0 Å². The number of rotatable bonds is 1. The molecule has 0 spiro atoms. The molecule has 1 fully saturated rings. The van der Waals surface area contributed by atoms with Crippen LogP contribution in [0.1, 0.15) is 30.9 Å². The van der Waals surface area contributed by atoms with Crippen LogP contribution in [-0.4, -0.2) is 11.5 Å². The Bertz CT molecular complexity index is 271. The molecule has 86 valence electrons. The predicted molar refractivity (Wildman–Crippen MR) is 68.3 cm³/mol. The summed E-state index contributed by atoms with van der Waals surface area (Å²) >= 11 is 5.72. The first-order chi connectivity index (χ1) is 6.36. The van der Waals surface area contributed by atoms with Crippen molar-refractivity contribution in [1.82, 2.24) is 10.3 Å². The molecule has 1 aliphatic rings. The third kappa shape index (κ3) is 4.15. The van der Waals surface area contributed by atoms with Gasteiger partial charge in [-0.2, -0.15) is 0 Å². The van der Waals surface area contributed by atoms with Crippen LogP contribution in [0.15, 0.2) is 18.3 Å². The Labute approximate surface area is 108 Å². The quantitative estimate of drug-likeness (QED) is 0.791. The van der Waals surface area contributed by atoms with Crippen molar-refractivity contribution < 1.29 is 0 Å². The largest absolute Gasteiger partial charge is 0.310 e. The first-order valence-electron chi connectivity index (χ1n) is 4.71. The van der Waals surface area contributed by atoms with E-state index in [1.54, 1.807) is 0 Å². The first-order valence-corrected chi connectivity index (χ1v) is 5.09. The number of nitrogens with zero attached hydrogens (tertiary/aromatic N) is 1. The maximum Gasteiger partial charge on any atom is 0.129 e. The second-order valence-electron chi connectivity index (χ2n) is 3.42. The highest BCUT2D eigenvalue weighted by molar-refractivity contribution is 6.29. The maximum atomic E-state index is 5.72. The summed E-state index contributed by atoms with van der Waals surface area (Å²) in [5.41, 5.74) is 1.25. The summed E-state index contributed by atoms with van der Waals surface area (Å²) in [5.74, 6) is 0. The lowest BCUT2D eigenvalue weighted by atomic mass is 9.99. The lowest BCUT2D eigenvalue weighted by Crippen LogP contribution is -2.26. The number of hydrogen-bond acceptors (Lipinski definition) is 2. The van der Waals surface area contributed by atoms with E-state index in [-0.39, 0.29) is 24.8 Å². The normalized spacial score (nSPS) is 19.9. The molecule has 1 atom stereocenters. The van der Waals surface area contributed by atoms with Crippen LogP contribution in [0, 0.1) is 0 Å². The molecule has 0 amide bonds. The Morgan fingerprint density at radius 1 is 1.27 bits per heavy atom. The molecule has 1 unspecified atom stereocenters. The fourth-order valence-electron chi connectivity index (χ4n) is 1.73. The molecule has 1 N–H and O–H groups in total. The van der Waals surface area contributed by atoms with E-state index in [1.807, 2.05) is 12.3 Å². The smallest absolute Gasteiger partial charge is 0.129 e. The summed E-state index contributed by atoms with van der Waals surface area (Å²) in [6.07, 6.45) is 5.67. The minimum Gasteiger partial charge on any atom is -0.310 e. The van der Waals surface area contributed by atoms with Crippen LogP contribution in [0.2, 0.25) is 5.15 Å². The molecule has 15 heavy (non-hydrogen) atoms. The van der Waals surface area contributed by atoms with Gasteiger partial charge in [0.05, 0.1) is 0 Å². The molecular formula is C10H15Cl3N2. The first kappa shape index (κ1) is 15.0. The van der Waals surface area contributed by atoms with Crippen molar-refractivity contribution in [2.75, 3.05) is 6.54 Å². The molecule has 1 saturated heterocycles. The fraction of sp³-hybridized carbons (Fsp3) is 0.500. The zero-order chi connectivity index (χ0) is 9.10. The number of aromatic nitrogens is 1. The highest BCUT2D eigenvalue weighted by Gasteiger charge is 2.14. The van der Waals surface area contributed by atoms with Crippen molar-refractivity contribution in [2.45, 2.75) is 25.3 Å². The molecular weight excluding hydrogens is 254 g/mol. The molecule has 2 nitrogen and oxygen atoms in total. The molecule has 1 aliphatic heterocycles. The van der Waals surface area contributed by atoms with E-state index in [9.17, 15) is 0 Å². The van der Waals surface area contributed by atoms with Crippen LogP contribution in [0.25, 0.3) is 0 Å². The fourth-order valence-corrected chi connectivity index (χ4v) is 1.84. The summed E-state index contributed by atoms with van der Waals surface area (Å²) < 4.78 is 0. The van der Waals surface area contributed by atoms with Gasteiger partial charge in [0.1, 0.15) is 5.15 Å². The Balaban J connectivity index is 0.000000980. The zero-order valence-electron chi connectivity index (χ0n) is 8.28. The van der Waals surface area contributed by atoms with Crippen molar-refractivity contribution >= 4 is 36.4 Å². The maximum absolute atomic E-state index is 5.72. The van der Waals surface area contributed by atoms with Gasteiger partial charge in [-0.05, 0) is 31.0 Å². The highest BCUT2D eigenvalue weighted by atomic mass is 35.5. The molecule has 2 rings (SSSR count). The third-order valence-corrected chi connectivity index (χ3v) is 2.69. The van der Waals surface area contributed by atoms with E-state index in [1.165, 1.54) is 24.8 Å². The second-order valence-corrected chi connectivity index (χ2v) is 3.80. The number of hydrogen-bond donors (Lipinski definition) is 1. The van der Waals surface area contributed by atoms with Gasteiger partial charge in [0, 0.05) is 12.2 Å². The molecule has 1 aromatic rings. The minimum absolute atomic E-state index is 0. The van der Waals surface area contributed by atoms with Gasteiger partial charge in [-0.25, -0.2) is 4.98 Å². The van der Waals surface area contributed by atoms with Gasteiger partial charge in [-0.1, -0.05) is 24.1 Å². The molecule has 0 aliphatic carbocycles. The molecule has 0 bridgehead atoms. The van der Waals surface area contributed by atoms with E-state index < -0.39 is 0 Å². The van der Waals surface area contributed by atoms with E-state index >= 15 is 0 Å². The van der Waals surface area contributed by atoms with Crippen molar-refractivity contribution in [3.63, 3.8) is 0 Å². The van der Waals surface area contributed by atoms with Crippen molar-refractivity contribution in [2.24, 2.45) is 0 Å². The van der Waals surface area contributed by atoms with E-state index in [0.29, 0.717) is 11.2 Å². The van der Waals surface area contributed by atoms with Gasteiger partial charge in [0.2, 0.25) is 0 Å². The lowest BCUT2D eigenvalue weighted by molar-refractivity contribution is 0.411. The summed E-state index contributed by atoms with van der Waals surface area (Å²) in [4.78, 5) is 4.08. The van der Waals surface area contributed by atoms with E-state index in [0.717, 1.165) is 6.54 Å². The third-order valence-electron chi connectivity index (χ3n) is 2.46. The molecule has 0 saturated carbocycles. The Kier molecular flexibility index (Phi) is 7.28. The van der Waals surface area contributed by atoms with Crippen LogP contribution in [-0.2, 0) is 0 Å². The molecule has 0 aromatic carbocycles. The number of piperidine rings is 1. The van der Waals surface area contributed by atoms with Crippen molar-refractivity contribution in [3.8, 4) is 0 Å². The summed E-state index contributed by atoms with van der Waals surface area (Å²) in [7, 11) is 0. The standard InChI is InChI=1S/C10H13ClN2.2ClH/c11-10-5-4-8(7-13-10)9-3-1-2-6-12-9;;/h4-5,7,9,12H,1-3,6H2;2*1H. The van der Waals surface area contributed by atoms with Gasteiger partial charge in [-0.15, -0.1) is 24.8 Å². The molecule has 5 heteroatoms. The van der Waals surface area contributed by atoms with Gasteiger partial charge >= 0.3 is 0 Å². The van der Waals surface area contributed by atoms with Crippen LogP contribution in [0.3, 0.4) is 0 Å². The highest BCUT2D eigenvalue weighted by Crippen LogP contribution is 2.22. The van der Waals surface area contributed by atoms with Gasteiger partial charge in [0.15, 0.2) is 0 Å².